The fourth-order valence-corrected chi connectivity index (χ4v) is 1.77. The van der Waals surface area contributed by atoms with E-state index >= 15 is 0 Å². The quantitative estimate of drug-likeness (QED) is 0.413. The molecule has 0 aromatic rings. The van der Waals surface area contributed by atoms with Crippen molar-refractivity contribution in [1.29, 1.82) is 0 Å². The van der Waals surface area contributed by atoms with Gasteiger partial charge in [0.1, 0.15) is 5.60 Å². The minimum Gasteiger partial charge on any atom is -0.382 e. The van der Waals surface area contributed by atoms with E-state index in [4.69, 9.17) is 11.5 Å². The summed E-state index contributed by atoms with van der Waals surface area (Å²) in [6.07, 6.45) is 2.22. The van der Waals surface area contributed by atoms with Crippen LogP contribution in [0.5, 0.6) is 0 Å². The second kappa shape index (κ2) is 3.96. The minimum absolute atomic E-state index is 0.0552. The highest BCUT2D eigenvalue weighted by Crippen LogP contribution is 2.30. The Labute approximate surface area is 83.2 Å². The zero-order valence-corrected chi connectivity index (χ0v) is 8.36. The molecule has 5 heteroatoms. The Morgan fingerprint density at radius 2 is 1.93 bits per heavy atom. The molecule has 0 unspecified atom stereocenters. The predicted molar refractivity (Wildman–Crippen MR) is 53.7 cm³/mol. The van der Waals surface area contributed by atoms with Gasteiger partial charge in [0.05, 0.1) is 6.04 Å². The molecule has 1 aliphatic carbocycles. The van der Waals surface area contributed by atoms with E-state index in [9.17, 15) is 9.90 Å². The van der Waals surface area contributed by atoms with Crippen molar-refractivity contribution in [2.45, 2.75) is 44.2 Å². The molecule has 0 aromatic carbocycles. The van der Waals surface area contributed by atoms with E-state index in [0.29, 0.717) is 25.7 Å². The average Bonchev–Trinajstić information content (AvgIpc) is 2.08. The van der Waals surface area contributed by atoms with Gasteiger partial charge in [-0.05, 0) is 32.6 Å². The van der Waals surface area contributed by atoms with E-state index in [0.717, 1.165) is 0 Å². The number of carbonyl (C=O) groups is 1. The number of hydrogen-bond acceptors (Lipinski definition) is 3. The van der Waals surface area contributed by atoms with Crippen LogP contribution in [0, 0.1) is 0 Å². The first-order chi connectivity index (χ1) is 6.44. The van der Waals surface area contributed by atoms with Crippen LogP contribution in [0.4, 0.5) is 0 Å². The summed E-state index contributed by atoms with van der Waals surface area (Å²) < 4.78 is 0. The van der Waals surface area contributed by atoms with Crippen molar-refractivity contribution >= 4 is 11.7 Å². The van der Waals surface area contributed by atoms with Gasteiger partial charge >= 0.3 is 0 Å². The lowest BCUT2D eigenvalue weighted by Crippen LogP contribution is -2.42. The third-order valence-corrected chi connectivity index (χ3v) is 2.77. The topological polar surface area (TPSA) is 102 Å². The van der Waals surface area contributed by atoms with E-state index < -0.39 is 5.60 Å². The Balaban J connectivity index is 2.54. The summed E-state index contributed by atoms with van der Waals surface area (Å²) in [5, 5.41) is 9.84. The molecule has 0 aromatic heterocycles. The Kier molecular flexibility index (Phi) is 3.10. The van der Waals surface area contributed by atoms with Gasteiger partial charge in [0.15, 0.2) is 11.7 Å². The molecule has 0 radical (unpaired) electrons. The monoisotopic (exact) mass is 199 g/mol. The summed E-state index contributed by atoms with van der Waals surface area (Å²) in [4.78, 5) is 15.1. The van der Waals surface area contributed by atoms with Crippen molar-refractivity contribution < 1.29 is 9.90 Å². The normalized spacial score (nSPS) is 32.3. The Hall–Kier alpha value is -1.10. The lowest BCUT2D eigenvalue weighted by Gasteiger charge is -2.32. The number of carbonyl (C=O) groups excluding carboxylic acids is 1. The standard InChI is InChI=1S/C9H17N3O2/c1-6(13)9(14)4-2-7(3-5-9)12-8(10)11/h7,14H,2-5H2,1H3,(H4,10,11,12). The van der Waals surface area contributed by atoms with Crippen molar-refractivity contribution in [2.24, 2.45) is 16.5 Å². The SMILES string of the molecule is CC(=O)C1(O)CCC(N=C(N)N)CC1. The average molecular weight is 199 g/mol. The molecule has 0 spiro atoms. The number of nitrogens with two attached hydrogens (primary N) is 2. The Morgan fingerprint density at radius 3 is 2.29 bits per heavy atom. The van der Waals surface area contributed by atoms with Gasteiger partial charge in [-0.15, -0.1) is 0 Å². The Morgan fingerprint density at radius 1 is 1.43 bits per heavy atom. The van der Waals surface area contributed by atoms with Gasteiger partial charge in [-0.25, -0.2) is 0 Å². The van der Waals surface area contributed by atoms with Crippen LogP contribution in [0.2, 0.25) is 0 Å². The van der Waals surface area contributed by atoms with Crippen LogP contribution in [0.3, 0.4) is 0 Å². The van der Waals surface area contributed by atoms with E-state index in [1.165, 1.54) is 6.92 Å². The van der Waals surface area contributed by atoms with Gasteiger partial charge in [-0.1, -0.05) is 0 Å². The first kappa shape index (κ1) is 11.0. The lowest BCUT2D eigenvalue weighted by atomic mass is 9.80. The van der Waals surface area contributed by atoms with Crippen LogP contribution in [-0.4, -0.2) is 28.5 Å². The molecular formula is C9H17N3O2. The van der Waals surface area contributed by atoms with Crippen molar-refractivity contribution in [1.82, 2.24) is 0 Å². The largest absolute Gasteiger partial charge is 0.382 e. The molecule has 1 aliphatic rings. The summed E-state index contributed by atoms with van der Waals surface area (Å²) in [5.41, 5.74) is 9.35. The number of guanidine groups is 1. The summed E-state index contributed by atoms with van der Waals surface area (Å²) in [5.74, 6) is -0.0936. The summed E-state index contributed by atoms with van der Waals surface area (Å²) >= 11 is 0. The van der Waals surface area contributed by atoms with Gasteiger partial charge < -0.3 is 16.6 Å². The molecule has 5 nitrogen and oxygen atoms in total. The maximum absolute atomic E-state index is 11.1. The van der Waals surface area contributed by atoms with Gasteiger partial charge in [-0.2, -0.15) is 0 Å². The maximum atomic E-state index is 11.1. The Bertz CT molecular complexity index is 251. The van der Waals surface area contributed by atoms with Crippen LogP contribution < -0.4 is 11.5 Å². The molecule has 1 rings (SSSR count). The number of aliphatic hydroxyl groups is 1. The van der Waals surface area contributed by atoms with E-state index in [1.54, 1.807) is 0 Å². The van der Waals surface area contributed by atoms with Crippen LogP contribution in [0.25, 0.3) is 0 Å². The number of ketones is 1. The van der Waals surface area contributed by atoms with E-state index in [1.807, 2.05) is 0 Å². The number of hydrogen-bond donors (Lipinski definition) is 3. The van der Waals surface area contributed by atoms with Crippen molar-refractivity contribution in [3.05, 3.63) is 0 Å². The first-order valence-electron chi connectivity index (χ1n) is 4.76. The number of aliphatic imine (C=N–C) groups is 1. The first-order valence-corrected chi connectivity index (χ1v) is 4.76. The maximum Gasteiger partial charge on any atom is 0.186 e. The molecular weight excluding hydrogens is 182 g/mol. The molecule has 80 valence electrons. The molecule has 0 bridgehead atoms. The molecule has 0 heterocycles. The summed E-state index contributed by atoms with van der Waals surface area (Å²) in [7, 11) is 0. The van der Waals surface area contributed by atoms with E-state index in [-0.39, 0.29) is 17.8 Å². The van der Waals surface area contributed by atoms with Crippen LogP contribution >= 0.6 is 0 Å². The molecule has 0 aliphatic heterocycles. The second-order valence-corrected chi connectivity index (χ2v) is 3.87. The van der Waals surface area contributed by atoms with E-state index in [2.05, 4.69) is 4.99 Å². The fourth-order valence-electron chi connectivity index (χ4n) is 1.77. The summed E-state index contributed by atoms with van der Waals surface area (Å²) in [6, 6.07) is 0.0552. The van der Waals surface area contributed by atoms with Crippen LogP contribution in [0.1, 0.15) is 32.6 Å². The summed E-state index contributed by atoms with van der Waals surface area (Å²) in [6.45, 7) is 1.42. The molecule has 1 saturated carbocycles. The van der Waals surface area contributed by atoms with Crippen molar-refractivity contribution in [3.63, 3.8) is 0 Å². The molecule has 0 amide bonds. The molecule has 1 fully saturated rings. The minimum atomic E-state index is -1.14. The number of Topliss-reactive ketones (excluding diaryl/α,β-unsaturated/α-hetero) is 1. The second-order valence-electron chi connectivity index (χ2n) is 3.87. The highest BCUT2D eigenvalue weighted by atomic mass is 16.3. The highest BCUT2D eigenvalue weighted by molar-refractivity contribution is 5.84. The molecule has 0 atom stereocenters. The predicted octanol–water partition coefficient (Wildman–Crippen LogP) is -0.477. The smallest absolute Gasteiger partial charge is 0.186 e. The zero-order valence-electron chi connectivity index (χ0n) is 8.36. The van der Waals surface area contributed by atoms with Gasteiger partial charge in [0, 0.05) is 0 Å². The van der Waals surface area contributed by atoms with Crippen molar-refractivity contribution in [2.75, 3.05) is 0 Å². The van der Waals surface area contributed by atoms with Crippen LogP contribution in [-0.2, 0) is 4.79 Å². The van der Waals surface area contributed by atoms with Gasteiger partial charge in [-0.3, -0.25) is 9.79 Å². The molecule has 14 heavy (non-hydrogen) atoms. The van der Waals surface area contributed by atoms with Gasteiger partial charge in [0.2, 0.25) is 0 Å². The third kappa shape index (κ3) is 2.45. The highest BCUT2D eigenvalue weighted by Gasteiger charge is 2.37. The third-order valence-electron chi connectivity index (χ3n) is 2.77. The number of nitrogens with zero attached hydrogens (tertiary/aromatic N) is 1. The van der Waals surface area contributed by atoms with Crippen molar-refractivity contribution in [3.8, 4) is 0 Å². The van der Waals surface area contributed by atoms with Crippen LogP contribution in [0.15, 0.2) is 4.99 Å². The zero-order chi connectivity index (χ0) is 10.8. The molecule has 0 saturated heterocycles. The molecule has 5 N–H and O–H groups in total. The number of rotatable bonds is 2. The van der Waals surface area contributed by atoms with Gasteiger partial charge in [0.25, 0.3) is 0 Å². The fraction of sp³-hybridized carbons (Fsp3) is 0.778. The lowest BCUT2D eigenvalue weighted by molar-refractivity contribution is -0.138.